The number of hydrogen-bond acceptors (Lipinski definition) is 8. The number of Topliss-reactive ketones (excluding diaryl/α,β-unsaturated/α-hetero) is 1. The lowest BCUT2D eigenvalue weighted by atomic mass is 9.99. The van der Waals surface area contributed by atoms with Crippen molar-refractivity contribution in [3.8, 4) is 0 Å². The minimum atomic E-state index is -0.476. The molecule has 0 saturated carbocycles. The van der Waals surface area contributed by atoms with Crippen molar-refractivity contribution in [2.24, 2.45) is 0 Å². The fourth-order valence-corrected chi connectivity index (χ4v) is 3.01. The fourth-order valence-electron chi connectivity index (χ4n) is 3.01. The molecule has 0 aliphatic carbocycles. The molecular formula is C26H46N2O8. The predicted octanol–water partition coefficient (Wildman–Crippen LogP) is 2.44. The molecule has 0 aromatic rings. The Morgan fingerprint density at radius 2 is 1.44 bits per heavy atom. The van der Waals surface area contributed by atoms with Crippen LogP contribution >= 0.6 is 0 Å². The third-order valence-corrected chi connectivity index (χ3v) is 5.33. The first-order valence-corrected chi connectivity index (χ1v) is 12.2. The molecule has 0 spiro atoms. The van der Waals surface area contributed by atoms with Crippen molar-refractivity contribution in [3.63, 3.8) is 0 Å². The first kappa shape index (κ1) is 33.9. The Kier molecular flexibility index (Phi) is 16.3. The molecule has 3 amide bonds. The van der Waals surface area contributed by atoms with Gasteiger partial charge in [-0.15, -0.1) is 0 Å². The fraction of sp³-hybridized carbons (Fsp3) is 0.769. The molecule has 10 nitrogen and oxygen atoms in total. The SMILES string of the molecule is C.CCC(=O)CCC(C)(C)OCC(C)(C)OCCOCCOCCNC(=O)CCN1C(=O)C=CC1=O. The molecule has 1 rings (SSSR count). The molecule has 208 valence electrons. The first-order valence-electron chi connectivity index (χ1n) is 12.2. The van der Waals surface area contributed by atoms with Gasteiger partial charge in [-0.1, -0.05) is 14.4 Å². The van der Waals surface area contributed by atoms with E-state index < -0.39 is 17.4 Å². The topological polar surface area (TPSA) is 120 Å². The highest BCUT2D eigenvalue weighted by Crippen LogP contribution is 2.21. The number of carbonyl (C=O) groups is 4. The molecular weight excluding hydrogens is 468 g/mol. The second-order valence-corrected chi connectivity index (χ2v) is 9.53. The summed E-state index contributed by atoms with van der Waals surface area (Å²) < 4.78 is 22.8. The van der Waals surface area contributed by atoms with Gasteiger partial charge in [-0.3, -0.25) is 24.1 Å². The van der Waals surface area contributed by atoms with Gasteiger partial charge in [0.25, 0.3) is 11.8 Å². The maximum atomic E-state index is 11.8. The van der Waals surface area contributed by atoms with Gasteiger partial charge in [-0.2, -0.15) is 0 Å². The minimum absolute atomic E-state index is 0. The molecule has 0 aromatic carbocycles. The highest BCUT2D eigenvalue weighted by molar-refractivity contribution is 6.13. The maximum Gasteiger partial charge on any atom is 0.253 e. The number of carbonyl (C=O) groups excluding carboxylic acids is 4. The van der Waals surface area contributed by atoms with Crippen molar-refractivity contribution in [1.82, 2.24) is 10.2 Å². The van der Waals surface area contributed by atoms with Crippen molar-refractivity contribution in [3.05, 3.63) is 12.2 Å². The molecule has 0 saturated heterocycles. The molecule has 1 aliphatic rings. The van der Waals surface area contributed by atoms with Crippen LogP contribution in [0, 0.1) is 0 Å². The van der Waals surface area contributed by atoms with Gasteiger partial charge < -0.3 is 24.3 Å². The van der Waals surface area contributed by atoms with E-state index in [0.717, 1.165) is 4.90 Å². The lowest BCUT2D eigenvalue weighted by Crippen LogP contribution is -2.37. The van der Waals surface area contributed by atoms with Gasteiger partial charge in [0.1, 0.15) is 5.78 Å². The van der Waals surface area contributed by atoms with Crippen LogP contribution in [0.25, 0.3) is 0 Å². The number of hydrogen-bond donors (Lipinski definition) is 1. The number of amides is 3. The van der Waals surface area contributed by atoms with Crippen LogP contribution < -0.4 is 5.32 Å². The smallest absolute Gasteiger partial charge is 0.253 e. The molecule has 0 unspecified atom stereocenters. The highest BCUT2D eigenvalue weighted by atomic mass is 16.6. The van der Waals surface area contributed by atoms with Crippen LogP contribution in [0.2, 0.25) is 0 Å². The van der Waals surface area contributed by atoms with Gasteiger partial charge in [-0.25, -0.2) is 0 Å². The van der Waals surface area contributed by atoms with Gasteiger partial charge in [0.15, 0.2) is 0 Å². The Morgan fingerprint density at radius 1 is 0.861 bits per heavy atom. The van der Waals surface area contributed by atoms with Crippen LogP contribution in [0.4, 0.5) is 0 Å². The Bertz CT molecular complexity index is 715. The summed E-state index contributed by atoms with van der Waals surface area (Å²) in [6.45, 7) is 12.5. The molecule has 0 radical (unpaired) electrons. The van der Waals surface area contributed by atoms with E-state index in [1.807, 2.05) is 34.6 Å². The average molecular weight is 515 g/mol. The van der Waals surface area contributed by atoms with Crippen molar-refractivity contribution >= 4 is 23.5 Å². The van der Waals surface area contributed by atoms with Gasteiger partial charge >= 0.3 is 0 Å². The number of nitrogens with zero attached hydrogens (tertiary/aromatic N) is 1. The van der Waals surface area contributed by atoms with Crippen LogP contribution in [0.15, 0.2) is 12.2 Å². The number of ether oxygens (including phenoxy) is 4. The van der Waals surface area contributed by atoms with E-state index >= 15 is 0 Å². The van der Waals surface area contributed by atoms with Crippen molar-refractivity contribution in [2.45, 2.75) is 78.9 Å². The summed E-state index contributed by atoms with van der Waals surface area (Å²) in [4.78, 5) is 47.2. The van der Waals surface area contributed by atoms with Crippen LogP contribution in [-0.4, -0.2) is 92.3 Å². The van der Waals surface area contributed by atoms with E-state index in [1.165, 1.54) is 12.2 Å². The molecule has 1 N–H and O–H groups in total. The van der Waals surface area contributed by atoms with Crippen LogP contribution in [0.5, 0.6) is 0 Å². The second-order valence-electron chi connectivity index (χ2n) is 9.53. The summed E-state index contributed by atoms with van der Waals surface area (Å²) in [7, 11) is 0. The molecule has 0 aromatic heterocycles. The standard InChI is InChI=1S/C25H42N2O8.CH4/c1-6-20(28)9-11-24(2,3)35-19-25(4,5)34-18-17-33-16-15-32-14-12-26-21(29)10-13-27-22(30)7-8-23(27)31;/h7-8H,6,9-19H2,1-5H3,(H,26,29);1H4. The molecule has 1 heterocycles. The first-order chi connectivity index (χ1) is 16.5. The summed E-state index contributed by atoms with van der Waals surface area (Å²) in [5.41, 5.74) is -0.863. The number of nitrogens with one attached hydrogen (secondary N) is 1. The van der Waals surface area contributed by atoms with Crippen LogP contribution in [-0.2, 0) is 38.1 Å². The lowest BCUT2D eigenvalue weighted by Gasteiger charge is -2.32. The normalized spacial score (nSPS) is 13.8. The third kappa shape index (κ3) is 15.1. The summed E-state index contributed by atoms with van der Waals surface area (Å²) in [6, 6.07) is 0. The van der Waals surface area contributed by atoms with E-state index in [2.05, 4.69) is 5.32 Å². The zero-order valence-electron chi connectivity index (χ0n) is 21.9. The van der Waals surface area contributed by atoms with Gasteiger partial charge in [-0.05, 0) is 34.1 Å². The lowest BCUT2D eigenvalue weighted by molar-refractivity contribution is -0.137. The largest absolute Gasteiger partial charge is 0.377 e. The summed E-state index contributed by atoms with van der Waals surface area (Å²) in [5, 5.41) is 2.68. The summed E-state index contributed by atoms with van der Waals surface area (Å²) in [6.07, 6.45) is 4.20. The number of imide groups is 1. The Balaban J connectivity index is 0.0000122. The molecule has 0 bridgehead atoms. The van der Waals surface area contributed by atoms with Crippen LogP contribution in [0.3, 0.4) is 0 Å². The maximum absolute atomic E-state index is 11.8. The van der Waals surface area contributed by atoms with Gasteiger partial charge in [0.05, 0.1) is 50.8 Å². The van der Waals surface area contributed by atoms with E-state index in [9.17, 15) is 19.2 Å². The third-order valence-electron chi connectivity index (χ3n) is 5.33. The molecule has 36 heavy (non-hydrogen) atoms. The van der Waals surface area contributed by atoms with Gasteiger partial charge in [0.2, 0.25) is 5.91 Å². The van der Waals surface area contributed by atoms with Crippen LogP contribution in [0.1, 0.15) is 67.7 Å². The van der Waals surface area contributed by atoms with E-state index in [-0.39, 0.29) is 37.7 Å². The van der Waals surface area contributed by atoms with E-state index in [0.29, 0.717) is 65.4 Å². The highest BCUT2D eigenvalue weighted by Gasteiger charge is 2.26. The van der Waals surface area contributed by atoms with Crippen molar-refractivity contribution in [2.75, 3.05) is 52.7 Å². The molecule has 1 aliphatic heterocycles. The molecule has 0 atom stereocenters. The van der Waals surface area contributed by atoms with E-state index in [4.69, 9.17) is 18.9 Å². The number of rotatable bonds is 20. The number of ketones is 1. The molecule has 10 heteroatoms. The van der Waals surface area contributed by atoms with Crippen molar-refractivity contribution < 1.29 is 38.1 Å². The Hall–Kier alpha value is -2.14. The van der Waals surface area contributed by atoms with Gasteiger partial charge in [0, 0.05) is 44.5 Å². The quantitative estimate of drug-likeness (QED) is 0.194. The monoisotopic (exact) mass is 514 g/mol. The zero-order valence-corrected chi connectivity index (χ0v) is 21.9. The minimum Gasteiger partial charge on any atom is -0.377 e. The second kappa shape index (κ2) is 17.3. The van der Waals surface area contributed by atoms with E-state index in [1.54, 1.807) is 0 Å². The Morgan fingerprint density at radius 3 is 2.06 bits per heavy atom. The summed E-state index contributed by atoms with van der Waals surface area (Å²) in [5.74, 6) is -0.798. The zero-order chi connectivity index (χ0) is 26.3. The predicted molar refractivity (Wildman–Crippen MR) is 136 cm³/mol. The Labute approximate surface area is 216 Å². The molecule has 0 fully saturated rings. The summed E-state index contributed by atoms with van der Waals surface area (Å²) >= 11 is 0. The van der Waals surface area contributed by atoms with Crippen molar-refractivity contribution in [1.29, 1.82) is 0 Å². The average Bonchev–Trinajstić information content (AvgIpc) is 3.13.